The molecule has 0 fully saturated rings. The van der Waals surface area contributed by atoms with Crippen LogP contribution in [0.2, 0.25) is 5.15 Å². The molecule has 0 spiro atoms. The van der Waals surface area contributed by atoms with Crippen molar-refractivity contribution in [1.29, 1.82) is 0 Å². The van der Waals surface area contributed by atoms with Gasteiger partial charge in [0.1, 0.15) is 11.0 Å². The number of nitrogens with zero attached hydrogens (tertiary/aromatic N) is 4. The highest BCUT2D eigenvalue weighted by Crippen LogP contribution is 2.09. The standard InChI is InChI=1S/C11H16ClN5/c1-8-9(7-16(2)15-8)4-13-6-11-14-5-10(12)17(11)3/h5,7,13H,4,6H2,1-3H3. The van der Waals surface area contributed by atoms with Crippen LogP contribution in [-0.4, -0.2) is 19.3 Å². The van der Waals surface area contributed by atoms with Gasteiger partial charge in [0.05, 0.1) is 18.4 Å². The largest absolute Gasteiger partial charge is 0.321 e. The van der Waals surface area contributed by atoms with E-state index in [2.05, 4.69) is 15.4 Å². The van der Waals surface area contributed by atoms with Gasteiger partial charge in [0.15, 0.2) is 0 Å². The van der Waals surface area contributed by atoms with Crippen LogP contribution in [0.25, 0.3) is 0 Å². The molecule has 0 aromatic carbocycles. The highest BCUT2D eigenvalue weighted by Gasteiger charge is 2.05. The van der Waals surface area contributed by atoms with Gasteiger partial charge in [-0.15, -0.1) is 0 Å². The first-order chi connectivity index (χ1) is 8.08. The molecule has 0 aliphatic rings. The quantitative estimate of drug-likeness (QED) is 0.896. The van der Waals surface area contributed by atoms with Crippen LogP contribution in [-0.2, 0) is 27.2 Å². The van der Waals surface area contributed by atoms with Gasteiger partial charge in [0.2, 0.25) is 0 Å². The first-order valence-electron chi connectivity index (χ1n) is 5.44. The third-order valence-corrected chi connectivity index (χ3v) is 3.09. The Morgan fingerprint density at radius 2 is 2.12 bits per heavy atom. The fraction of sp³-hybridized carbons (Fsp3) is 0.455. The van der Waals surface area contributed by atoms with E-state index in [1.165, 1.54) is 5.56 Å². The first-order valence-corrected chi connectivity index (χ1v) is 5.81. The van der Waals surface area contributed by atoms with E-state index in [-0.39, 0.29) is 0 Å². The molecular weight excluding hydrogens is 238 g/mol. The summed E-state index contributed by atoms with van der Waals surface area (Å²) in [7, 11) is 3.83. The van der Waals surface area contributed by atoms with Crippen molar-refractivity contribution in [2.45, 2.75) is 20.0 Å². The van der Waals surface area contributed by atoms with Gasteiger partial charge in [-0.1, -0.05) is 11.6 Å². The lowest BCUT2D eigenvalue weighted by atomic mass is 10.2. The van der Waals surface area contributed by atoms with E-state index in [1.807, 2.05) is 36.5 Å². The Bertz CT molecular complexity index is 512. The molecule has 1 N–H and O–H groups in total. The molecule has 5 nitrogen and oxygen atoms in total. The van der Waals surface area contributed by atoms with Gasteiger partial charge in [0, 0.05) is 32.4 Å². The summed E-state index contributed by atoms with van der Waals surface area (Å²) in [5.41, 5.74) is 2.26. The summed E-state index contributed by atoms with van der Waals surface area (Å²) in [5, 5.41) is 8.28. The predicted octanol–water partition coefficient (Wildman–Crippen LogP) is 1.41. The topological polar surface area (TPSA) is 47.7 Å². The number of aromatic nitrogens is 4. The Morgan fingerprint density at radius 3 is 2.65 bits per heavy atom. The fourth-order valence-electron chi connectivity index (χ4n) is 1.72. The lowest BCUT2D eigenvalue weighted by molar-refractivity contribution is 0.637. The van der Waals surface area contributed by atoms with Crippen LogP contribution in [0.15, 0.2) is 12.4 Å². The minimum absolute atomic E-state index is 0.652. The van der Waals surface area contributed by atoms with Crippen LogP contribution in [0.3, 0.4) is 0 Å². The third kappa shape index (κ3) is 2.68. The summed E-state index contributed by atoms with van der Waals surface area (Å²) in [6, 6.07) is 0. The number of hydrogen-bond acceptors (Lipinski definition) is 3. The SMILES string of the molecule is Cc1nn(C)cc1CNCc1ncc(Cl)n1C. The van der Waals surface area contributed by atoms with E-state index in [4.69, 9.17) is 11.6 Å². The number of imidazole rings is 1. The Morgan fingerprint density at radius 1 is 1.35 bits per heavy atom. The monoisotopic (exact) mass is 253 g/mol. The lowest BCUT2D eigenvalue weighted by Gasteiger charge is -2.04. The molecule has 0 unspecified atom stereocenters. The highest BCUT2D eigenvalue weighted by atomic mass is 35.5. The lowest BCUT2D eigenvalue weighted by Crippen LogP contribution is -2.16. The van der Waals surface area contributed by atoms with Gasteiger partial charge in [-0.05, 0) is 6.92 Å². The van der Waals surface area contributed by atoms with Crippen LogP contribution in [0.4, 0.5) is 0 Å². The Kier molecular flexibility index (Phi) is 3.49. The van der Waals surface area contributed by atoms with Crippen LogP contribution < -0.4 is 5.32 Å². The van der Waals surface area contributed by atoms with E-state index >= 15 is 0 Å². The van der Waals surface area contributed by atoms with Gasteiger partial charge in [-0.2, -0.15) is 5.10 Å². The fourth-order valence-corrected chi connectivity index (χ4v) is 1.87. The van der Waals surface area contributed by atoms with Crippen molar-refractivity contribution in [2.24, 2.45) is 14.1 Å². The normalized spacial score (nSPS) is 11.1. The van der Waals surface area contributed by atoms with E-state index in [1.54, 1.807) is 6.20 Å². The Labute approximate surface area is 105 Å². The molecule has 0 bridgehead atoms. The predicted molar refractivity (Wildman–Crippen MR) is 66.7 cm³/mol. The Hall–Kier alpha value is -1.33. The average Bonchev–Trinajstić information content (AvgIpc) is 2.75. The van der Waals surface area contributed by atoms with Crippen LogP contribution in [0.5, 0.6) is 0 Å². The molecule has 2 rings (SSSR count). The third-order valence-electron chi connectivity index (χ3n) is 2.74. The summed E-state index contributed by atoms with van der Waals surface area (Å²) < 4.78 is 3.69. The molecule has 0 saturated heterocycles. The second-order valence-electron chi connectivity index (χ2n) is 4.07. The van der Waals surface area contributed by atoms with Gasteiger partial charge >= 0.3 is 0 Å². The van der Waals surface area contributed by atoms with E-state index in [0.29, 0.717) is 11.7 Å². The van der Waals surface area contributed by atoms with Crippen molar-refractivity contribution in [2.75, 3.05) is 0 Å². The number of hydrogen-bond donors (Lipinski definition) is 1. The van der Waals surface area contributed by atoms with Crippen molar-refractivity contribution in [3.63, 3.8) is 0 Å². The summed E-state index contributed by atoms with van der Waals surface area (Å²) in [4.78, 5) is 4.22. The smallest absolute Gasteiger partial charge is 0.128 e. The molecule has 2 heterocycles. The minimum Gasteiger partial charge on any atom is -0.321 e. The van der Waals surface area contributed by atoms with Gasteiger partial charge in [0.25, 0.3) is 0 Å². The van der Waals surface area contributed by atoms with Crippen LogP contribution in [0, 0.1) is 6.92 Å². The molecule has 6 heteroatoms. The molecule has 92 valence electrons. The molecule has 0 aliphatic carbocycles. The molecule has 2 aromatic rings. The van der Waals surface area contributed by atoms with E-state index in [9.17, 15) is 0 Å². The summed E-state index contributed by atoms with van der Waals surface area (Å²) in [6.45, 7) is 3.48. The van der Waals surface area contributed by atoms with Crippen LogP contribution >= 0.6 is 11.6 Å². The summed E-state index contributed by atoms with van der Waals surface area (Å²) >= 11 is 5.91. The number of rotatable bonds is 4. The van der Waals surface area contributed by atoms with Gasteiger partial charge in [-0.25, -0.2) is 4.98 Å². The van der Waals surface area contributed by atoms with Gasteiger partial charge in [-0.3, -0.25) is 4.68 Å². The highest BCUT2D eigenvalue weighted by molar-refractivity contribution is 6.29. The number of nitrogens with one attached hydrogen (secondary N) is 1. The second-order valence-corrected chi connectivity index (χ2v) is 4.46. The van der Waals surface area contributed by atoms with Crippen molar-refractivity contribution in [3.8, 4) is 0 Å². The van der Waals surface area contributed by atoms with Crippen molar-refractivity contribution >= 4 is 11.6 Å². The summed E-state index contributed by atoms with van der Waals surface area (Å²) in [5.74, 6) is 0.927. The zero-order valence-electron chi connectivity index (χ0n) is 10.2. The minimum atomic E-state index is 0.652. The molecule has 0 aliphatic heterocycles. The molecule has 0 amide bonds. The van der Waals surface area contributed by atoms with E-state index < -0.39 is 0 Å². The maximum absolute atomic E-state index is 5.91. The molecule has 17 heavy (non-hydrogen) atoms. The zero-order valence-corrected chi connectivity index (χ0v) is 11.0. The molecule has 0 saturated carbocycles. The first kappa shape index (κ1) is 12.1. The molecule has 0 radical (unpaired) electrons. The molecule has 0 atom stereocenters. The Balaban J connectivity index is 1.92. The maximum Gasteiger partial charge on any atom is 0.128 e. The zero-order chi connectivity index (χ0) is 12.4. The molecular formula is C11H16ClN5. The second kappa shape index (κ2) is 4.89. The van der Waals surface area contributed by atoms with Crippen molar-refractivity contribution in [3.05, 3.63) is 34.6 Å². The van der Waals surface area contributed by atoms with Gasteiger partial charge < -0.3 is 9.88 Å². The number of halogens is 1. The maximum atomic E-state index is 5.91. The summed E-state index contributed by atoms with van der Waals surface area (Å²) in [6.07, 6.45) is 3.68. The van der Waals surface area contributed by atoms with Crippen molar-refractivity contribution in [1.82, 2.24) is 24.6 Å². The van der Waals surface area contributed by atoms with Crippen molar-refractivity contribution < 1.29 is 0 Å². The number of aryl methyl sites for hydroxylation is 2. The average molecular weight is 254 g/mol. The molecule has 2 aromatic heterocycles. The van der Waals surface area contributed by atoms with E-state index in [0.717, 1.165) is 18.1 Å². The van der Waals surface area contributed by atoms with Crippen LogP contribution in [0.1, 0.15) is 17.1 Å².